The minimum atomic E-state index is 0.0922. The molecule has 0 spiro atoms. The molecule has 0 saturated heterocycles. The number of carbonyl (C=O) groups is 2. The summed E-state index contributed by atoms with van der Waals surface area (Å²) in [5, 5.41) is 5.13. The van der Waals surface area contributed by atoms with Crippen LogP contribution in [0.25, 0.3) is 0 Å². The first-order valence-corrected chi connectivity index (χ1v) is 7.15. The van der Waals surface area contributed by atoms with E-state index in [1.54, 1.807) is 14.1 Å². The Bertz CT molecular complexity index is 258. The molecule has 4 heteroatoms. The van der Waals surface area contributed by atoms with Gasteiger partial charge in [-0.15, -0.1) is 0 Å². The lowest BCUT2D eigenvalue weighted by atomic mass is 10.1. The fourth-order valence-electron chi connectivity index (χ4n) is 1.18. The Balaban J connectivity index is 0. The van der Waals surface area contributed by atoms with Crippen molar-refractivity contribution in [3.05, 3.63) is 24.3 Å². The van der Waals surface area contributed by atoms with Gasteiger partial charge in [0.05, 0.1) is 0 Å². The summed E-state index contributed by atoms with van der Waals surface area (Å²) in [7, 11) is 3.30. The largest absolute Gasteiger partial charge is 0.359 e. The van der Waals surface area contributed by atoms with Crippen LogP contribution in [-0.4, -0.2) is 25.9 Å². The Morgan fingerprint density at radius 1 is 0.750 bits per heavy atom. The number of allylic oxidation sites excluding steroid dienone is 2. The van der Waals surface area contributed by atoms with Crippen LogP contribution in [0.4, 0.5) is 0 Å². The molecule has 0 aromatic rings. The molecule has 4 nitrogen and oxygen atoms in total. The summed E-state index contributed by atoms with van der Waals surface area (Å²) in [6, 6.07) is 0. The predicted molar refractivity (Wildman–Crippen MR) is 85.5 cm³/mol. The van der Waals surface area contributed by atoms with E-state index in [-0.39, 0.29) is 11.8 Å². The van der Waals surface area contributed by atoms with Gasteiger partial charge in [-0.25, -0.2) is 0 Å². The van der Waals surface area contributed by atoms with Crippen molar-refractivity contribution < 1.29 is 9.59 Å². The Morgan fingerprint density at radius 3 is 1.25 bits per heavy atom. The molecule has 0 aliphatic carbocycles. The fourth-order valence-corrected chi connectivity index (χ4v) is 1.18. The quantitative estimate of drug-likeness (QED) is 0.672. The van der Waals surface area contributed by atoms with Crippen LogP contribution in [0.15, 0.2) is 24.3 Å². The van der Waals surface area contributed by atoms with E-state index < -0.39 is 0 Å². The molecule has 2 amide bonds. The van der Waals surface area contributed by atoms with Crippen molar-refractivity contribution in [2.45, 2.75) is 52.4 Å². The molecular formula is C16H30N2O2. The van der Waals surface area contributed by atoms with Crippen molar-refractivity contribution in [1.82, 2.24) is 10.6 Å². The zero-order chi connectivity index (χ0) is 16.0. The van der Waals surface area contributed by atoms with Gasteiger partial charge in [-0.05, 0) is 25.7 Å². The van der Waals surface area contributed by atoms with Gasteiger partial charge in [-0.1, -0.05) is 38.2 Å². The van der Waals surface area contributed by atoms with Crippen molar-refractivity contribution in [2.24, 2.45) is 0 Å². The van der Waals surface area contributed by atoms with Crippen LogP contribution in [0.1, 0.15) is 52.4 Å². The SMILES string of the molecule is C=C(CC)CCC(=O)NC.C=C(CC)CCC(=O)NC. The predicted octanol–water partition coefficient (Wildman–Crippen LogP) is 2.96. The highest BCUT2D eigenvalue weighted by atomic mass is 16.2. The molecule has 0 rings (SSSR count). The molecule has 0 radical (unpaired) electrons. The normalized spacial score (nSPS) is 9.00. The maximum atomic E-state index is 10.7. The van der Waals surface area contributed by atoms with Crippen molar-refractivity contribution in [1.29, 1.82) is 0 Å². The van der Waals surface area contributed by atoms with Gasteiger partial charge >= 0.3 is 0 Å². The second-order valence-corrected chi connectivity index (χ2v) is 4.55. The number of rotatable bonds is 8. The van der Waals surface area contributed by atoms with E-state index in [1.165, 1.54) is 0 Å². The van der Waals surface area contributed by atoms with Crippen molar-refractivity contribution in [3.63, 3.8) is 0 Å². The van der Waals surface area contributed by atoms with Gasteiger partial charge in [-0.3, -0.25) is 9.59 Å². The molecule has 116 valence electrons. The van der Waals surface area contributed by atoms with Gasteiger partial charge in [0, 0.05) is 26.9 Å². The van der Waals surface area contributed by atoms with Crippen LogP contribution in [0.3, 0.4) is 0 Å². The molecule has 20 heavy (non-hydrogen) atoms. The van der Waals surface area contributed by atoms with Crippen LogP contribution >= 0.6 is 0 Å². The summed E-state index contributed by atoms with van der Waals surface area (Å²) in [6.45, 7) is 11.7. The van der Waals surface area contributed by atoms with Crippen LogP contribution in [0.2, 0.25) is 0 Å². The molecule has 0 bridgehead atoms. The molecule has 2 N–H and O–H groups in total. The fraction of sp³-hybridized carbons (Fsp3) is 0.625. The Hall–Kier alpha value is -1.58. The highest BCUT2D eigenvalue weighted by Crippen LogP contribution is 2.05. The molecule has 0 fully saturated rings. The first-order valence-electron chi connectivity index (χ1n) is 7.15. The zero-order valence-corrected chi connectivity index (χ0v) is 13.5. The number of amides is 2. The summed E-state index contributed by atoms with van der Waals surface area (Å²) in [5.74, 6) is 0.184. The van der Waals surface area contributed by atoms with Crippen molar-refractivity contribution in [2.75, 3.05) is 14.1 Å². The minimum Gasteiger partial charge on any atom is -0.359 e. The molecule has 0 atom stereocenters. The lowest BCUT2D eigenvalue weighted by molar-refractivity contribution is -0.121. The van der Waals surface area contributed by atoms with Gasteiger partial charge in [0.15, 0.2) is 0 Å². The third-order valence-electron chi connectivity index (χ3n) is 2.97. The van der Waals surface area contributed by atoms with Crippen LogP contribution in [0.5, 0.6) is 0 Å². The first-order chi connectivity index (χ1) is 9.40. The van der Waals surface area contributed by atoms with Crippen LogP contribution < -0.4 is 10.6 Å². The van der Waals surface area contributed by atoms with Crippen LogP contribution in [0, 0.1) is 0 Å². The molecule has 0 aromatic carbocycles. The number of hydrogen-bond acceptors (Lipinski definition) is 2. The number of hydrogen-bond donors (Lipinski definition) is 2. The topological polar surface area (TPSA) is 58.2 Å². The summed E-state index contributed by atoms with van der Waals surface area (Å²) >= 11 is 0. The van der Waals surface area contributed by atoms with Gasteiger partial charge in [0.2, 0.25) is 11.8 Å². The van der Waals surface area contributed by atoms with E-state index in [4.69, 9.17) is 0 Å². The van der Waals surface area contributed by atoms with Crippen molar-refractivity contribution >= 4 is 11.8 Å². The second-order valence-electron chi connectivity index (χ2n) is 4.55. The maximum absolute atomic E-state index is 10.7. The molecule has 0 unspecified atom stereocenters. The van der Waals surface area contributed by atoms with Gasteiger partial charge in [0.1, 0.15) is 0 Å². The third-order valence-corrected chi connectivity index (χ3v) is 2.97. The summed E-state index contributed by atoms with van der Waals surface area (Å²) in [6.07, 6.45) is 4.71. The Morgan fingerprint density at radius 2 is 1.05 bits per heavy atom. The van der Waals surface area contributed by atoms with Gasteiger partial charge < -0.3 is 10.6 Å². The highest BCUT2D eigenvalue weighted by molar-refractivity contribution is 5.76. The Kier molecular flexibility index (Phi) is 14.3. The van der Waals surface area contributed by atoms with Gasteiger partial charge in [0.25, 0.3) is 0 Å². The number of carbonyl (C=O) groups excluding carboxylic acids is 2. The van der Waals surface area contributed by atoms with E-state index >= 15 is 0 Å². The molecule has 0 saturated carbocycles. The summed E-state index contributed by atoms with van der Waals surface area (Å²) < 4.78 is 0. The molecule has 0 aromatic heterocycles. The van der Waals surface area contributed by atoms with E-state index in [9.17, 15) is 9.59 Å². The molecule has 0 aliphatic rings. The highest BCUT2D eigenvalue weighted by Gasteiger charge is 1.98. The number of nitrogens with one attached hydrogen (secondary N) is 2. The molecule has 0 aliphatic heterocycles. The van der Waals surface area contributed by atoms with Crippen molar-refractivity contribution in [3.8, 4) is 0 Å². The first kappa shape index (κ1) is 20.7. The average Bonchev–Trinajstić information content (AvgIpc) is 2.49. The average molecular weight is 282 g/mol. The second kappa shape index (κ2) is 13.8. The molecular weight excluding hydrogens is 252 g/mol. The van der Waals surface area contributed by atoms with Crippen LogP contribution in [-0.2, 0) is 9.59 Å². The molecule has 0 heterocycles. The van der Waals surface area contributed by atoms with Gasteiger partial charge in [-0.2, -0.15) is 0 Å². The maximum Gasteiger partial charge on any atom is 0.220 e. The minimum absolute atomic E-state index is 0.0922. The third kappa shape index (κ3) is 14.5. The zero-order valence-electron chi connectivity index (χ0n) is 13.5. The standard InChI is InChI=1S/2C8H15NO/c2*1-4-7(2)5-6-8(10)9-3/h2*2,4-6H2,1,3H3,(H,9,10). The van der Waals surface area contributed by atoms with E-state index in [1.807, 2.05) is 13.8 Å². The Labute approximate surface area is 123 Å². The summed E-state index contributed by atoms with van der Waals surface area (Å²) in [4.78, 5) is 21.4. The van der Waals surface area contributed by atoms with E-state index in [0.29, 0.717) is 12.8 Å². The van der Waals surface area contributed by atoms with E-state index in [2.05, 4.69) is 23.8 Å². The lowest BCUT2D eigenvalue weighted by Crippen LogP contribution is -2.17. The van der Waals surface area contributed by atoms with E-state index in [0.717, 1.165) is 36.8 Å². The monoisotopic (exact) mass is 282 g/mol. The smallest absolute Gasteiger partial charge is 0.220 e. The lowest BCUT2D eigenvalue weighted by Gasteiger charge is -2.00. The summed E-state index contributed by atoms with van der Waals surface area (Å²) in [5.41, 5.74) is 2.28.